The molecular formula is C5H7BrN2O2. The molecule has 0 unspecified atom stereocenters. The summed E-state index contributed by atoms with van der Waals surface area (Å²) in [5.41, 5.74) is 0. The summed E-state index contributed by atoms with van der Waals surface area (Å²) in [5, 5.41) is 5.33. The van der Waals surface area contributed by atoms with Crippen molar-refractivity contribution in [2.24, 2.45) is 0 Å². The third kappa shape index (κ3) is 1.47. The summed E-state index contributed by atoms with van der Waals surface area (Å²) in [6, 6.07) is -0.733. The van der Waals surface area contributed by atoms with Crippen molar-refractivity contribution in [3.63, 3.8) is 0 Å². The van der Waals surface area contributed by atoms with Crippen LogP contribution in [0.25, 0.3) is 0 Å². The van der Waals surface area contributed by atoms with Crippen LogP contribution in [0.3, 0.4) is 0 Å². The van der Waals surface area contributed by atoms with Gasteiger partial charge < -0.3 is 5.32 Å². The molecule has 1 atom stereocenters. The highest BCUT2D eigenvalue weighted by atomic mass is 79.9. The van der Waals surface area contributed by atoms with E-state index in [9.17, 15) is 9.59 Å². The number of amides is 3. The van der Waals surface area contributed by atoms with E-state index < -0.39 is 6.03 Å². The highest BCUT2D eigenvalue weighted by Crippen LogP contribution is 2.00. The second-order valence-electron chi connectivity index (χ2n) is 1.99. The zero-order valence-electron chi connectivity index (χ0n) is 5.19. The van der Waals surface area contributed by atoms with Gasteiger partial charge in [-0.3, -0.25) is 10.1 Å². The lowest BCUT2D eigenvalue weighted by Crippen LogP contribution is -2.28. The Kier molecular flexibility index (Phi) is 2.26. The molecule has 3 amide bonds. The first-order valence-electron chi connectivity index (χ1n) is 2.91. The van der Waals surface area contributed by atoms with Gasteiger partial charge in [0.1, 0.15) is 6.04 Å². The molecule has 0 radical (unpaired) electrons. The molecule has 1 aliphatic rings. The highest BCUT2D eigenvalue weighted by Gasteiger charge is 2.28. The Morgan fingerprint density at radius 1 is 1.50 bits per heavy atom. The standard InChI is InChI=1S/C5H7BrN2O2/c6-2-1-3-4(9)8-5(10)7-3/h3H,1-2H2,(H2,7,8,9,10)/t3-/m0/s1. The van der Waals surface area contributed by atoms with E-state index >= 15 is 0 Å². The largest absolute Gasteiger partial charge is 0.326 e. The molecule has 0 bridgehead atoms. The van der Waals surface area contributed by atoms with E-state index in [-0.39, 0.29) is 11.9 Å². The van der Waals surface area contributed by atoms with E-state index in [0.717, 1.165) is 0 Å². The molecular weight excluding hydrogens is 200 g/mol. The Morgan fingerprint density at radius 2 is 2.20 bits per heavy atom. The Bertz CT molecular complexity index is 171. The second-order valence-corrected chi connectivity index (χ2v) is 2.79. The maximum Gasteiger partial charge on any atom is 0.322 e. The van der Waals surface area contributed by atoms with Crippen molar-refractivity contribution in [2.75, 3.05) is 5.33 Å². The fourth-order valence-corrected chi connectivity index (χ4v) is 1.23. The van der Waals surface area contributed by atoms with Gasteiger partial charge in [-0.2, -0.15) is 0 Å². The molecule has 5 heteroatoms. The molecule has 0 aromatic rings. The average Bonchev–Trinajstić information content (AvgIpc) is 2.13. The molecule has 2 N–H and O–H groups in total. The molecule has 0 spiro atoms. The molecule has 56 valence electrons. The smallest absolute Gasteiger partial charge is 0.322 e. The number of carbonyl (C=O) groups excluding carboxylic acids is 2. The van der Waals surface area contributed by atoms with Crippen LogP contribution in [0.15, 0.2) is 0 Å². The summed E-state index contributed by atoms with van der Waals surface area (Å²) < 4.78 is 0. The Morgan fingerprint density at radius 3 is 2.60 bits per heavy atom. The predicted octanol–water partition coefficient (Wildman–Crippen LogP) is -0.0206. The van der Waals surface area contributed by atoms with Gasteiger partial charge in [0.05, 0.1) is 0 Å². The normalized spacial score (nSPS) is 24.3. The highest BCUT2D eigenvalue weighted by molar-refractivity contribution is 9.09. The summed E-state index contributed by atoms with van der Waals surface area (Å²) in [5.74, 6) is -0.232. The first-order chi connectivity index (χ1) is 4.74. The molecule has 1 saturated heterocycles. The molecule has 1 rings (SSSR count). The van der Waals surface area contributed by atoms with Crippen LogP contribution in [0.2, 0.25) is 0 Å². The fourth-order valence-electron chi connectivity index (χ4n) is 0.771. The van der Waals surface area contributed by atoms with Crippen LogP contribution >= 0.6 is 15.9 Å². The third-order valence-electron chi connectivity index (χ3n) is 1.26. The Labute approximate surface area is 66.5 Å². The zero-order valence-corrected chi connectivity index (χ0v) is 6.77. The van der Waals surface area contributed by atoms with Gasteiger partial charge in [-0.1, -0.05) is 15.9 Å². The maximum atomic E-state index is 10.8. The lowest BCUT2D eigenvalue weighted by molar-refractivity contribution is -0.120. The number of rotatable bonds is 2. The Hall–Kier alpha value is -0.580. The van der Waals surface area contributed by atoms with Crippen LogP contribution in [-0.4, -0.2) is 23.3 Å². The van der Waals surface area contributed by atoms with Gasteiger partial charge in [0.15, 0.2) is 0 Å². The number of urea groups is 1. The first-order valence-corrected chi connectivity index (χ1v) is 4.03. The van der Waals surface area contributed by atoms with Crippen molar-refractivity contribution >= 4 is 27.9 Å². The molecule has 1 aliphatic heterocycles. The summed E-state index contributed by atoms with van der Waals surface area (Å²) in [7, 11) is 0. The van der Waals surface area contributed by atoms with Gasteiger partial charge in [-0.05, 0) is 6.42 Å². The van der Waals surface area contributed by atoms with Crippen LogP contribution in [0, 0.1) is 0 Å². The molecule has 0 saturated carbocycles. The Balaban J connectivity index is 2.46. The number of alkyl halides is 1. The van der Waals surface area contributed by atoms with Crippen molar-refractivity contribution in [1.29, 1.82) is 0 Å². The van der Waals surface area contributed by atoms with Crippen LogP contribution in [0.5, 0.6) is 0 Å². The number of carbonyl (C=O) groups is 2. The SMILES string of the molecule is O=C1NC(=O)[C@H](CCBr)N1. The van der Waals surface area contributed by atoms with Crippen molar-refractivity contribution in [1.82, 2.24) is 10.6 Å². The van der Waals surface area contributed by atoms with E-state index in [1.165, 1.54) is 0 Å². The third-order valence-corrected chi connectivity index (χ3v) is 1.71. The van der Waals surface area contributed by atoms with Crippen LogP contribution < -0.4 is 10.6 Å². The molecule has 0 aromatic heterocycles. The summed E-state index contributed by atoms with van der Waals surface area (Å²) in [6.07, 6.45) is 0.636. The zero-order chi connectivity index (χ0) is 7.56. The van der Waals surface area contributed by atoms with Crippen molar-refractivity contribution in [3.8, 4) is 0 Å². The summed E-state index contributed by atoms with van der Waals surface area (Å²) >= 11 is 3.18. The van der Waals surface area contributed by atoms with Crippen LogP contribution in [0.4, 0.5) is 4.79 Å². The lowest BCUT2D eigenvalue weighted by atomic mass is 10.2. The molecule has 0 aliphatic carbocycles. The number of halogens is 1. The number of hydrogen-bond acceptors (Lipinski definition) is 2. The van der Waals surface area contributed by atoms with E-state index in [4.69, 9.17) is 0 Å². The number of nitrogens with one attached hydrogen (secondary N) is 2. The van der Waals surface area contributed by atoms with Gasteiger partial charge in [-0.25, -0.2) is 4.79 Å². The molecule has 10 heavy (non-hydrogen) atoms. The van der Waals surface area contributed by atoms with Crippen LogP contribution in [-0.2, 0) is 4.79 Å². The average molecular weight is 207 g/mol. The van der Waals surface area contributed by atoms with E-state index in [0.29, 0.717) is 11.8 Å². The van der Waals surface area contributed by atoms with Gasteiger partial charge in [0, 0.05) is 5.33 Å². The monoisotopic (exact) mass is 206 g/mol. The first kappa shape index (κ1) is 7.53. The van der Waals surface area contributed by atoms with E-state index in [1.807, 2.05) is 0 Å². The van der Waals surface area contributed by atoms with Crippen molar-refractivity contribution in [2.45, 2.75) is 12.5 Å². The molecule has 1 heterocycles. The van der Waals surface area contributed by atoms with Gasteiger partial charge in [-0.15, -0.1) is 0 Å². The van der Waals surface area contributed by atoms with Gasteiger partial charge >= 0.3 is 6.03 Å². The van der Waals surface area contributed by atoms with Crippen molar-refractivity contribution in [3.05, 3.63) is 0 Å². The van der Waals surface area contributed by atoms with Crippen molar-refractivity contribution < 1.29 is 9.59 Å². The van der Waals surface area contributed by atoms with E-state index in [1.54, 1.807) is 0 Å². The minimum atomic E-state index is -0.393. The topological polar surface area (TPSA) is 58.2 Å². The fraction of sp³-hybridized carbons (Fsp3) is 0.600. The predicted molar refractivity (Wildman–Crippen MR) is 38.9 cm³/mol. The minimum Gasteiger partial charge on any atom is -0.326 e. The minimum absolute atomic E-state index is 0.232. The quantitative estimate of drug-likeness (QED) is 0.493. The van der Waals surface area contributed by atoms with Gasteiger partial charge in [0.25, 0.3) is 5.91 Å². The van der Waals surface area contributed by atoms with Gasteiger partial charge in [0.2, 0.25) is 0 Å². The maximum absolute atomic E-state index is 10.8. The van der Waals surface area contributed by atoms with E-state index in [2.05, 4.69) is 26.6 Å². The summed E-state index contributed by atoms with van der Waals surface area (Å²) in [4.78, 5) is 21.2. The number of imide groups is 1. The van der Waals surface area contributed by atoms with Crippen LogP contribution in [0.1, 0.15) is 6.42 Å². The molecule has 1 fully saturated rings. The second kappa shape index (κ2) is 3.01. The number of hydrogen-bond donors (Lipinski definition) is 2. The lowest BCUT2D eigenvalue weighted by Gasteiger charge is -2.01. The summed E-state index contributed by atoms with van der Waals surface area (Å²) in [6.45, 7) is 0. The molecule has 0 aromatic carbocycles. The molecule has 4 nitrogen and oxygen atoms in total.